The number of hydrogen-bond acceptors (Lipinski definition) is 4. The molecule has 5 nitrogen and oxygen atoms in total. The van der Waals surface area contributed by atoms with Gasteiger partial charge in [0.1, 0.15) is 4.21 Å². The highest BCUT2D eigenvalue weighted by atomic mass is 32.2. The van der Waals surface area contributed by atoms with E-state index in [1.807, 2.05) is 13.8 Å². The summed E-state index contributed by atoms with van der Waals surface area (Å²) in [6.07, 6.45) is 1.37. The second kappa shape index (κ2) is 7.32. The van der Waals surface area contributed by atoms with Crippen LogP contribution in [-0.4, -0.2) is 26.4 Å². The number of hydrogen-bond donors (Lipinski definition) is 2. The average Bonchev–Trinajstić information content (AvgIpc) is 2.72. The Morgan fingerprint density at radius 1 is 1.17 bits per heavy atom. The number of nitrogens with one attached hydrogen (secondary N) is 2. The fourth-order valence-corrected chi connectivity index (χ4v) is 5.54. The average molecular weight is 361 g/mol. The van der Waals surface area contributed by atoms with E-state index in [1.165, 1.54) is 18.3 Å². The summed E-state index contributed by atoms with van der Waals surface area (Å²) in [5, 5.41) is 2.71. The molecule has 1 heterocycles. The van der Waals surface area contributed by atoms with E-state index in [1.54, 1.807) is 12.1 Å². The fraction of sp³-hybridized carbons (Fsp3) is 0.688. The Bertz CT molecular complexity index is 641. The molecule has 0 saturated heterocycles. The van der Waals surface area contributed by atoms with E-state index >= 15 is 0 Å². The van der Waals surface area contributed by atoms with E-state index in [0.29, 0.717) is 17.2 Å². The molecule has 2 N–H and O–H groups in total. The van der Waals surface area contributed by atoms with Gasteiger partial charge in [-0.2, -0.15) is 0 Å². The van der Waals surface area contributed by atoms with Crippen LogP contribution in [0.3, 0.4) is 0 Å². The quantitative estimate of drug-likeness (QED) is 0.785. The van der Waals surface area contributed by atoms with Crippen molar-refractivity contribution < 1.29 is 13.2 Å². The molecule has 1 rings (SSSR count). The minimum atomic E-state index is -3.53. The van der Waals surface area contributed by atoms with Gasteiger partial charge in [0.05, 0.1) is 0 Å². The van der Waals surface area contributed by atoms with Crippen molar-refractivity contribution in [3.8, 4) is 0 Å². The van der Waals surface area contributed by atoms with Gasteiger partial charge in [-0.25, -0.2) is 13.1 Å². The summed E-state index contributed by atoms with van der Waals surface area (Å²) >= 11 is 1.25. The van der Waals surface area contributed by atoms with E-state index in [2.05, 4.69) is 30.8 Å². The molecule has 0 aliphatic rings. The molecular formula is C16H28N2O3S2. The van der Waals surface area contributed by atoms with Crippen LogP contribution < -0.4 is 10.0 Å². The SMILES string of the molecule is CC(=O)NCCc1ccc(S(=O)(=O)NC(C)(C)CC(C)(C)C)s1. The van der Waals surface area contributed by atoms with Gasteiger partial charge in [0.25, 0.3) is 10.0 Å². The van der Waals surface area contributed by atoms with E-state index in [0.717, 1.165) is 11.3 Å². The molecule has 0 spiro atoms. The molecule has 0 fully saturated rings. The number of rotatable bonds is 7. The molecule has 1 aromatic heterocycles. The largest absolute Gasteiger partial charge is 0.356 e. The van der Waals surface area contributed by atoms with Gasteiger partial charge in [-0.1, -0.05) is 20.8 Å². The first-order valence-corrected chi connectivity index (χ1v) is 9.98. The van der Waals surface area contributed by atoms with Crippen LogP contribution in [0.2, 0.25) is 0 Å². The lowest BCUT2D eigenvalue weighted by molar-refractivity contribution is -0.118. The number of carbonyl (C=O) groups is 1. The number of carbonyl (C=O) groups excluding carboxylic acids is 1. The van der Waals surface area contributed by atoms with E-state index in [-0.39, 0.29) is 11.3 Å². The summed E-state index contributed by atoms with van der Waals surface area (Å²) in [6, 6.07) is 3.43. The van der Waals surface area contributed by atoms with E-state index in [4.69, 9.17) is 0 Å². The Kier molecular flexibility index (Phi) is 6.40. The van der Waals surface area contributed by atoms with Crippen LogP contribution in [0.25, 0.3) is 0 Å². The lowest BCUT2D eigenvalue weighted by Gasteiger charge is -2.32. The van der Waals surface area contributed by atoms with Gasteiger partial charge in [0.2, 0.25) is 5.91 Å². The molecule has 7 heteroatoms. The molecule has 1 aromatic rings. The highest BCUT2D eigenvalue weighted by Crippen LogP contribution is 2.29. The van der Waals surface area contributed by atoms with Crippen LogP contribution >= 0.6 is 11.3 Å². The second-order valence-electron chi connectivity index (χ2n) is 7.68. The van der Waals surface area contributed by atoms with Crippen molar-refractivity contribution in [2.24, 2.45) is 5.41 Å². The molecule has 23 heavy (non-hydrogen) atoms. The van der Waals surface area contributed by atoms with Crippen molar-refractivity contribution in [2.75, 3.05) is 6.54 Å². The normalized spacial score (nSPS) is 13.1. The molecule has 0 aliphatic heterocycles. The number of thiophene rings is 1. The number of sulfonamides is 1. The standard InChI is InChI=1S/C16H28N2O3S2/c1-12(19)17-10-9-13-7-8-14(22-13)23(20,21)18-16(5,6)11-15(2,3)4/h7-8,18H,9-11H2,1-6H3,(H,17,19). The zero-order valence-electron chi connectivity index (χ0n) is 14.8. The Morgan fingerprint density at radius 2 is 1.78 bits per heavy atom. The highest BCUT2D eigenvalue weighted by Gasteiger charge is 2.31. The first-order chi connectivity index (χ1) is 10.3. The van der Waals surface area contributed by atoms with Crippen molar-refractivity contribution in [1.29, 1.82) is 0 Å². The van der Waals surface area contributed by atoms with Gasteiger partial charge >= 0.3 is 0 Å². The lowest BCUT2D eigenvalue weighted by Crippen LogP contribution is -2.45. The summed E-state index contributed by atoms with van der Waals surface area (Å²) < 4.78 is 28.2. The molecule has 1 amide bonds. The third-order valence-electron chi connectivity index (χ3n) is 3.03. The molecule has 0 bridgehead atoms. The third kappa shape index (κ3) is 7.46. The third-order valence-corrected chi connectivity index (χ3v) is 6.37. The van der Waals surface area contributed by atoms with E-state index < -0.39 is 15.6 Å². The fourth-order valence-electron chi connectivity index (χ4n) is 2.77. The molecular weight excluding hydrogens is 332 g/mol. The molecule has 0 saturated carbocycles. The molecule has 0 radical (unpaired) electrons. The topological polar surface area (TPSA) is 75.3 Å². The molecule has 0 aliphatic carbocycles. The molecule has 0 unspecified atom stereocenters. The van der Waals surface area contributed by atoms with Gasteiger partial charge in [-0.05, 0) is 44.2 Å². The van der Waals surface area contributed by atoms with Crippen molar-refractivity contribution >= 4 is 27.3 Å². The second-order valence-corrected chi connectivity index (χ2v) is 10.8. The zero-order valence-corrected chi connectivity index (χ0v) is 16.5. The van der Waals surface area contributed by atoms with Crippen LogP contribution in [0.5, 0.6) is 0 Å². The zero-order chi connectivity index (χ0) is 17.9. The van der Waals surface area contributed by atoms with Gasteiger partial charge < -0.3 is 5.32 Å². The Hall–Kier alpha value is -0.920. The smallest absolute Gasteiger partial charge is 0.250 e. The molecule has 0 atom stereocenters. The van der Waals surface area contributed by atoms with Gasteiger partial charge in [-0.15, -0.1) is 11.3 Å². The van der Waals surface area contributed by atoms with Crippen LogP contribution in [0, 0.1) is 5.41 Å². The maximum absolute atomic E-state index is 12.6. The summed E-state index contributed by atoms with van der Waals surface area (Å²) in [4.78, 5) is 11.8. The highest BCUT2D eigenvalue weighted by molar-refractivity contribution is 7.91. The van der Waals surface area contributed by atoms with E-state index in [9.17, 15) is 13.2 Å². The molecule has 132 valence electrons. The van der Waals surface area contributed by atoms with Gasteiger partial charge in [0.15, 0.2) is 0 Å². The van der Waals surface area contributed by atoms with Crippen LogP contribution in [0.1, 0.15) is 52.8 Å². The predicted octanol–water partition coefficient (Wildman–Crippen LogP) is 2.92. The number of amides is 1. The Balaban J connectivity index is 2.77. The predicted molar refractivity (Wildman–Crippen MR) is 95.2 cm³/mol. The van der Waals surface area contributed by atoms with Crippen LogP contribution in [0.4, 0.5) is 0 Å². The van der Waals surface area contributed by atoms with Gasteiger partial charge in [-0.3, -0.25) is 4.79 Å². The van der Waals surface area contributed by atoms with Gasteiger partial charge in [0, 0.05) is 23.9 Å². The summed E-state index contributed by atoms with van der Waals surface area (Å²) in [6.45, 7) is 12.1. The summed E-state index contributed by atoms with van der Waals surface area (Å²) in [5.41, 5.74) is -0.484. The monoisotopic (exact) mass is 360 g/mol. The first-order valence-electron chi connectivity index (χ1n) is 7.68. The molecule has 0 aromatic carbocycles. The van der Waals surface area contributed by atoms with Crippen molar-refractivity contribution in [2.45, 2.75) is 64.1 Å². The minimum Gasteiger partial charge on any atom is -0.356 e. The van der Waals surface area contributed by atoms with Crippen LogP contribution in [-0.2, 0) is 21.2 Å². The minimum absolute atomic E-state index is 0.0327. The van der Waals surface area contributed by atoms with Crippen molar-refractivity contribution in [3.63, 3.8) is 0 Å². The van der Waals surface area contributed by atoms with Crippen molar-refractivity contribution in [1.82, 2.24) is 10.0 Å². The summed E-state index contributed by atoms with van der Waals surface area (Å²) in [7, 11) is -3.53. The lowest BCUT2D eigenvalue weighted by atomic mass is 9.82. The maximum Gasteiger partial charge on any atom is 0.250 e. The van der Waals surface area contributed by atoms with Crippen LogP contribution in [0.15, 0.2) is 16.3 Å². The summed E-state index contributed by atoms with van der Waals surface area (Å²) in [5.74, 6) is -0.0833. The first kappa shape index (κ1) is 20.1. The Labute approximate surface area is 143 Å². The van der Waals surface area contributed by atoms with Crippen molar-refractivity contribution in [3.05, 3.63) is 17.0 Å². The Morgan fingerprint density at radius 3 is 2.30 bits per heavy atom. The maximum atomic E-state index is 12.6.